The van der Waals surface area contributed by atoms with Crippen LogP contribution >= 0.6 is 0 Å². The van der Waals surface area contributed by atoms with Crippen LogP contribution in [0, 0.1) is 0 Å². The van der Waals surface area contributed by atoms with Gasteiger partial charge in [0, 0.05) is 43.7 Å². The Morgan fingerprint density at radius 2 is 1.27 bits per heavy atom. The van der Waals surface area contributed by atoms with Gasteiger partial charge in [-0.3, -0.25) is 0 Å². The highest BCUT2D eigenvalue weighted by Gasteiger charge is 2.18. The SMILES string of the molecule is c1ccc(-n2c3ccc4[nH]c5ccccc5c4c3c3ccc4ccccc4c32)cc1. The Balaban J connectivity index is 1.83. The summed E-state index contributed by atoms with van der Waals surface area (Å²) in [5.74, 6) is 0. The molecule has 0 aliphatic carbocycles. The lowest BCUT2D eigenvalue weighted by Gasteiger charge is -2.09. The van der Waals surface area contributed by atoms with Crippen molar-refractivity contribution in [2.75, 3.05) is 0 Å². The fourth-order valence-electron chi connectivity index (χ4n) is 5.05. The van der Waals surface area contributed by atoms with Crippen LogP contribution in [-0.2, 0) is 0 Å². The van der Waals surface area contributed by atoms with Gasteiger partial charge in [-0.15, -0.1) is 0 Å². The summed E-state index contributed by atoms with van der Waals surface area (Å²) in [4.78, 5) is 3.61. The van der Waals surface area contributed by atoms with Gasteiger partial charge in [-0.2, -0.15) is 0 Å². The van der Waals surface area contributed by atoms with Gasteiger partial charge in [0.1, 0.15) is 0 Å². The first-order valence-corrected chi connectivity index (χ1v) is 10.3. The maximum Gasteiger partial charge on any atom is 0.0619 e. The average molecular weight is 382 g/mol. The fraction of sp³-hybridized carbons (Fsp3) is 0. The van der Waals surface area contributed by atoms with Gasteiger partial charge in [-0.25, -0.2) is 0 Å². The molecule has 2 heteroatoms. The Bertz CT molecular complexity index is 1730. The zero-order valence-electron chi connectivity index (χ0n) is 16.3. The Morgan fingerprint density at radius 3 is 2.17 bits per heavy atom. The predicted molar refractivity (Wildman–Crippen MR) is 128 cm³/mol. The van der Waals surface area contributed by atoms with Gasteiger partial charge in [0.05, 0.1) is 11.0 Å². The van der Waals surface area contributed by atoms with Gasteiger partial charge in [0.2, 0.25) is 0 Å². The van der Waals surface area contributed by atoms with Crippen molar-refractivity contribution in [1.29, 1.82) is 0 Å². The number of H-pyrrole nitrogens is 1. The minimum atomic E-state index is 1.18. The molecule has 0 amide bonds. The number of aromatic amines is 1. The molecule has 140 valence electrons. The van der Waals surface area contributed by atoms with Gasteiger partial charge < -0.3 is 9.55 Å². The third-order valence-electron chi connectivity index (χ3n) is 6.30. The Kier molecular flexibility index (Phi) is 3.03. The zero-order valence-corrected chi connectivity index (χ0v) is 16.3. The van der Waals surface area contributed by atoms with E-state index >= 15 is 0 Å². The van der Waals surface area contributed by atoms with Crippen LogP contribution in [0.1, 0.15) is 0 Å². The summed E-state index contributed by atoms with van der Waals surface area (Å²) in [5, 5.41) is 7.73. The van der Waals surface area contributed by atoms with Gasteiger partial charge in [-0.05, 0) is 35.7 Å². The molecule has 0 radical (unpaired) electrons. The van der Waals surface area contributed by atoms with E-state index in [0.717, 1.165) is 0 Å². The number of hydrogen-bond donors (Lipinski definition) is 1. The van der Waals surface area contributed by atoms with Crippen molar-refractivity contribution in [1.82, 2.24) is 9.55 Å². The highest BCUT2D eigenvalue weighted by molar-refractivity contribution is 6.30. The van der Waals surface area contributed by atoms with Gasteiger partial charge in [0.15, 0.2) is 0 Å². The molecular weight excluding hydrogens is 364 g/mol. The normalized spacial score (nSPS) is 12.0. The highest BCUT2D eigenvalue weighted by Crippen LogP contribution is 2.41. The zero-order chi connectivity index (χ0) is 19.7. The van der Waals surface area contributed by atoms with Gasteiger partial charge >= 0.3 is 0 Å². The smallest absolute Gasteiger partial charge is 0.0619 e. The summed E-state index contributed by atoms with van der Waals surface area (Å²) in [6.07, 6.45) is 0. The van der Waals surface area contributed by atoms with Crippen LogP contribution in [0.25, 0.3) is 60.1 Å². The molecule has 2 nitrogen and oxygen atoms in total. The quantitative estimate of drug-likeness (QED) is 0.302. The molecule has 0 saturated carbocycles. The summed E-state index contributed by atoms with van der Waals surface area (Å²) in [6, 6.07) is 37.0. The number of hydrogen-bond acceptors (Lipinski definition) is 0. The van der Waals surface area contributed by atoms with E-state index in [2.05, 4.69) is 113 Å². The van der Waals surface area contributed by atoms with E-state index in [1.807, 2.05) is 0 Å². The van der Waals surface area contributed by atoms with Crippen LogP contribution < -0.4 is 0 Å². The van der Waals surface area contributed by atoms with Crippen LogP contribution in [0.5, 0.6) is 0 Å². The van der Waals surface area contributed by atoms with Crippen LogP contribution in [0.3, 0.4) is 0 Å². The molecule has 5 aromatic carbocycles. The molecule has 0 aliphatic rings. The Hall–Kier alpha value is -4.04. The molecule has 0 aliphatic heterocycles. The number of fused-ring (bicyclic) bond motifs is 9. The maximum absolute atomic E-state index is 3.61. The number of nitrogens with zero attached hydrogens (tertiary/aromatic N) is 1. The largest absolute Gasteiger partial charge is 0.354 e. The first kappa shape index (κ1) is 15.8. The molecule has 0 atom stereocenters. The van der Waals surface area contributed by atoms with E-state index in [-0.39, 0.29) is 0 Å². The number of benzene rings is 5. The van der Waals surface area contributed by atoms with Crippen molar-refractivity contribution in [3.8, 4) is 5.69 Å². The van der Waals surface area contributed by atoms with Crippen molar-refractivity contribution in [3.63, 3.8) is 0 Å². The molecular formula is C28H18N2. The molecule has 0 unspecified atom stereocenters. The van der Waals surface area contributed by atoms with Crippen molar-refractivity contribution in [3.05, 3.63) is 103 Å². The number of aromatic nitrogens is 2. The van der Waals surface area contributed by atoms with Crippen molar-refractivity contribution in [2.45, 2.75) is 0 Å². The second-order valence-corrected chi connectivity index (χ2v) is 7.91. The monoisotopic (exact) mass is 382 g/mol. The maximum atomic E-state index is 3.61. The summed E-state index contributed by atoms with van der Waals surface area (Å²) < 4.78 is 2.42. The molecule has 0 saturated heterocycles. The Labute approximate surface area is 173 Å². The molecule has 2 heterocycles. The molecule has 2 aromatic heterocycles. The standard InChI is InChI=1S/C28H18N2/c1-2-9-19(10-3-1)30-25-17-16-24-26(21-12-6-7-13-23(21)29-24)27(25)22-15-14-18-8-4-5-11-20(18)28(22)30/h1-17,29H. The average Bonchev–Trinajstić information content (AvgIpc) is 3.35. The number of para-hydroxylation sites is 2. The first-order chi connectivity index (χ1) is 14.9. The number of nitrogens with one attached hydrogen (secondary N) is 1. The molecule has 7 rings (SSSR count). The lowest BCUT2D eigenvalue weighted by atomic mass is 10.0. The first-order valence-electron chi connectivity index (χ1n) is 10.3. The molecule has 0 bridgehead atoms. The van der Waals surface area contributed by atoms with Crippen molar-refractivity contribution in [2.24, 2.45) is 0 Å². The highest BCUT2D eigenvalue weighted by atomic mass is 15.0. The van der Waals surface area contributed by atoms with Crippen molar-refractivity contribution < 1.29 is 0 Å². The lowest BCUT2D eigenvalue weighted by molar-refractivity contribution is 1.19. The van der Waals surface area contributed by atoms with Crippen LogP contribution in [0.15, 0.2) is 103 Å². The van der Waals surface area contributed by atoms with Crippen LogP contribution in [-0.4, -0.2) is 9.55 Å². The summed E-state index contributed by atoms with van der Waals surface area (Å²) in [6.45, 7) is 0. The topological polar surface area (TPSA) is 20.7 Å². The minimum Gasteiger partial charge on any atom is -0.354 e. The third kappa shape index (κ3) is 1.98. The van der Waals surface area contributed by atoms with E-state index in [0.29, 0.717) is 0 Å². The van der Waals surface area contributed by atoms with Crippen LogP contribution in [0.4, 0.5) is 0 Å². The van der Waals surface area contributed by atoms with Gasteiger partial charge in [0.25, 0.3) is 0 Å². The second kappa shape index (κ2) is 5.74. The second-order valence-electron chi connectivity index (χ2n) is 7.91. The molecule has 30 heavy (non-hydrogen) atoms. The van der Waals surface area contributed by atoms with E-state index in [1.165, 1.54) is 60.1 Å². The van der Waals surface area contributed by atoms with E-state index in [9.17, 15) is 0 Å². The van der Waals surface area contributed by atoms with Crippen LogP contribution in [0.2, 0.25) is 0 Å². The summed E-state index contributed by atoms with van der Waals surface area (Å²) in [7, 11) is 0. The summed E-state index contributed by atoms with van der Waals surface area (Å²) >= 11 is 0. The molecule has 1 N–H and O–H groups in total. The number of rotatable bonds is 1. The third-order valence-corrected chi connectivity index (χ3v) is 6.30. The fourth-order valence-corrected chi connectivity index (χ4v) is 5.05. The molecule has 0 spiro atoms. The van der Waals surface area contributed by atoms with Gasteiger partial charge in [-0.1, -0.05) is 72.8 Å². The van der Waals surface area contributed by atoms with E-state index in [4.69, 9.17) is 0 Å². The molecule has 0 fully saturated rings. The summed E-state index contributed by atoms with van der Waals surface area (Å²) in [5.41, 5.74) is 6.07. The predicted octanol–water partition coefficient (Wildman–Crippen LogP) is 7.57. The Morgan fingerprint density at radius 1 is 0.500 bits per heavy atom. The lowest BCUT2D eigenvalue weighted by Crippen LogP contribution is -1.93. The van der Waals surface area contributed by atoms with Crippen molar-refractivity contribution >= 4 is 54.4 Å². The van der Waals surface area contributed by atoms with E-state index < -0.39 is 0 Å². The molecule has 7 aromatic rings. The van der Waals surface area contributed by atoms with E-state index in [1.54, 1.807) is 0 Å². The minimum absolute atomic E-state index is 1.18.